The summed E-state index contributed by atoms with van der Waals surface area (Å²) in [6.45, 7) is 5.15. The van der Waals surface area contributed by atoms with Crippen LogP contribution in [0.1, 0.15) is 56.1 Å². The molecule has 5 fully saturated rings. The summed E-state index contributed by atoms with van der Waals surface area (Å²) in [4.78, 5) is 15.1. The molecule has 3 nitrogen and oxygen atoms in total. The number of rotatable bonds is 3. The summed E-state index contributed by atoms with van der Waals surface area (Å²) >= 11 is 0. The van der Waals surface area contributed by atoms with Gasteiger partial charge < -0.3 is 9.64 Å². The number of aryl methyl sites for hydroxylation is 1. The molecule has 4 bridgehead atoms. The molecule has 6 rings (SSSR count). The minimum atomic E-state index is 0.254. The standard InChI is InChI=1S/C23H31NO2/c1-17-2-4-20(5-3-17)23-13-18-10-19(14-23)12-22(11-18,16-23)15-21(25)24-6-8-26-9-7-24/h2-5,18-19H,6-16H2,1H3/t18-,19-,22?,23?/m1/s1. The molecule has 1 aromatic carbocycles. The summed E-state index contributed by atoms with van der Waals surface area (Å²) in [5, 5.41) is 0. The van der Waals surface area contributed by atoms with Crippen LogP contribution in [0.15, 0.2) is 24.3 Å². The lowest BCUT2D eigenvalue weighted by molar-refractivity contribution is -0.144. The van der Waals surface area contributed by atoms with Gasteiger partial charge in [-0.15, -0.1) is 0 Å². The molecule has 5 aliphatic rings. The third kappa shape index (κ3) is 2.79. The molecule has 3 heteroatoms. The molecule has 0 aromatic heterocycles. The fraction of sp³-hybridized carbons (Fsp3) is 0.696. The fourth-order valence-electron chi connectivity index (χ4n) is 7.15. The van der Waals surface area contributed by atoms with Crippen molar-refractivity contribution < 1.29 is 9.53 Å². The largest absolute Gasteiger partial charge is 0.378 e. The summed E-state index contributed by atoms with van der Waals surface area (Å²) in [5.74, 6) is 2.04. The quantitative estimate of drug-likeness (QED) is 0.819. The first-order valence-corrected chi connectivity index (χ1v) is 10.5. The van der Waals surface area contributed by atoms with Crippen LogP contribution in [0.25, 0.3) is 0 Å². The predicted molar refractivity (Wildman–Crippen MR) is 102 cm³/mol. The van der Waals surface area contributed by atoms with Gasteiger partial charge in [0.1, 0.15) is 0 Å². The zero-order chi connectivity index (χ0) is 17.8. The molecule has 1 heterocycles. The first-order valence-electron chi connectivity index (χ1n) is 10.5. The fourth-order valence-corrected chi connectivity index (χ4v) is 7.15. The van der Waals surface area contributed by atoms with Crippen LogP contribution >= 0.6 is 0 Å². The van der Waals surface area contributed by atoms with Crippen molar-refractivity contribution in [3.63, 3.8) is 0 Å². The van der Waals surface area contributed by atoms with Gasteiger partial charge in [-0.3, -0.25) is 4.79 Å². The maximum atomic E-state index is 13.0. The van der Waals surface area contributed by atoms with Crippen molar-refractivity contribution in [1.82, 2.24) is 4.90 Å². The van der Waals surface area contributed by atoms with E-state index in [-0.39, 0.29) is 5.41 Å². The second-order valence-electron chi connectivity index (χ2n) is 9.78. The summed E-state index contributed by atoms with van der Waals surface area (Å²) in [6, 6.07) is 9.30. The van der Waals surface area contributed by atoms with Crippen molar-refractivity contribution >= 4 is 5.91 Å². The third-order valence-corrected chi connectivity index (χ3v) is 7.74. The van der Waals surface area contributed by atoms with Crippen LogP contribution in [0, 0.1) is 24.2 Å². The number of nitrogens with zero attached hydrogens (tertiary/aromatic N) is 1. The molecule has 1 aliphatic heterocycles. The number of benzene rings is 1. The Morgan fingerprint density at radius 1 is 1.08 bits per heavy atom. The summed E-state index contributed by atoms with van der Waals surface area (Å²) in [6.07, 6.45) is 8.67. The number of amides is 1. The van der Waals surface area contributed by atoms with E-state index in [1.807, 2.05) is 0 Å². The molecule has 2 atom stereocenters. The Morgan fingerprint density at radius 3 is 2.38 bits per heavy atom. The first kappa shape index (κ1) is 16.8. The highest BCUT2D eigenvalue weighted by atomic mass is 16.5. The molecule has 1 aromatic rings. The molecule has 0 N–H and O–H groups in total. The van der Waals surface area contributed by atoms with Gasteiger partial charge in [-0.25, -0.2) is 0 Å². The van der Waals surface area contributed by atoms with Crippen molar-refractivity contribution in [2.45, 2.75) is 57.3 Å². The third-order valence-electron chi connectivity index (χ3n) is 7.74. The Kier molecular flexibility index (Phi) is 3.93. The van der Waals surface area contributed by atoms with E-state index in [9.17, 15) is 4.79 Å². The van der Waals surface area contributed by atoms with Crippen molar-refractivity contribution in [1.29, 1.82) is 0 Å². The van der Waals surface area contributed by atoms with Crippen LogP contribution in [0.4, 0.5) is 0 Å². The molecular weight excluding hydrogens is 322 g/mol. The second-order valence-corrected chi connectivity index (χ2v) is 9.78. The maximum absolute atomic E-state index is 13.0. The van der Waals surface area contributed by atoms with Crippen LogP contribution in [0.2, 0.25) is 0 Å². The van der Waals surface area contributed by atoms with Gasteiger partial charge >= 0.3 is 0 Å². The highest BCUT2D eigenvalue weighted by molar-refractivity contribution is 5.77. The smallest absolute Gasteiger partial charge is 0.223 e. The van der Waals surface area contributed by atoms with Gasteiger partial charge in [0.2, 0.25) is 5.91 Å². The van der Waals surface area contributed by atoms with E-state index in [1.54, 1.807) is 5.56 Å². The number of morpholine rings is 1. The van der Waals surface area contributed by atoms with E-state index in [2.05, 4.69) is 36.1 Å². The lowest BCUT2D eigenvalue weighted by atomic mass is 9.42. The lowest BCUT2D eigenvalue weighted by Crippen LogP contribution is -2.55. The van der Waals surface area contributed by atoms with E-state index in [0.29, 0.717) is 24.5 Å². The summed E-state index contributed by atoms with van der Waals surface area (Å²) in [5.41, 5.74) is 3.48. The summed E-state index contributed by atoms with van der Waals surface area (Å²) < 4.78 is 5.43. The van der Waals surface area contributed by atoms with Gasteiger partial charge in [0, 0.05) is 19.5 Å². The molecule has 4 saturated carbocycles. The van der Waals surface area contributed by atoms with Crippen LogP contribution in [-0.2, 0) is 14.9 Å². The van der Waals surface area contributed by atoms with Gasteiger partial charge in [-0.05, 0) is 73.7 Å². The van der Waals surface area contributed by atoms with E-state index >= 15 is 0 Å². The second kappa shape index (κ2) is 6.09. The molecule has 0 spiro atoms. The topological polar surface area (TPSA) is 29.5 Å². The number of ether oxygens (including phenoxy) is 1. The van der Waals surface area contributed by atoms with Crippen LogP contribution < -0.4 is 0 Å². The van der Waals surface area contributed by atoms with Gasteiger partial charge in [0.25, 0.3) is 0 Å². The van der Waals surface area contributed by atoms with Crippen molar-refractivity contribution in [2.24, 2.45) is 17.3 Å². The molecule has 0 unspecified atom stereocenters. The van der Waals surface area contributed by atoms with Crippen LogP contribution in [0.5, 0.6) is 0 Å². The minimum absolute atomic E-state index is 0.254. The monoisotopic (exact) mass is 353 g/mol. The maximum Gasteiger partial charge on any atom is 0.223 e. The number of hydrogen-bond donors (Lipinski definition) is 0. The molecule has 1 amide bonds. The zero-order valence-corrected chi connectivity index (χ0v) is 16.0. The molecule has 140 valence electrons. The SMILES string of the molecule is Cc1ccc(C23C[C@@H]4C[C@H](CC(CC(=O)N5CCOCC5)(C4)C2)C3)cc1. The Balaban J connectivity index is 1.41. The Hall–Kier alpha value is -1.35. The highest BCUT2D eigenvalue weighted by Gasteiger charge is 2.58. The van der Waals surface area contributed by atoms with Gasteiger partial charge in [0.15, 0.2) is 0 Å². The molecule has 1 saturated heterocycles. The van der Waals surface area contributed by atoms with Crippen LogP contribution in [0.3, 0.4) is 0 Å². The molecule has 4 aliphatic carbocycles. The van der Waals surface area contributed by atoms with Gasteiger partial charge in [-0.2, -0.15) is 0 Å². The number of carbonyl (C=O) groups excluding carboxylic acids is 1. The van der Waals surface area contributed by atoms with Crippen molar-refractivity contribution in [2.75, 3.05) is 26.3 Å². The Morgan fingerprint density at radius 2 is 1.73 bits per heavy atom. The van der Waals surface area contributed by atoms with E-state index in [4.69, 9.17) is 4.74 Å². The minimum Gasteiger partial charge on any atom is -0.378 e. The van der Waals surface area contributed by atoms with Gasteiger partial charge in [0.05, 0.1) is 13.2 Å². The lowest BCUT2D eigenvalue weighted by Gasteiger charge is -2.62. The number of hydrogen-bond acceptors (Lipinski definition) is 2. The normalized spacial score (nSPS) is 38.6. The van der Waals surface area contributed by atoms with Gasteiger partial charge in [-0.1, -0.05) is 29.8 Å². The molecule has 0 radical (unpaired) electrons. The first-order chi connectivity index (χ1) is 12.6. The van der Waals surface area contributed by atoms with E-state index < -0.39 is 0 Å². The zero-order valence-electron chi connectivity index (χ0n) is 16.0. The predicted octanol–water partition coefficient (Wildman–Crippen LogP) is 4.08. The molecule has 26 heavy (non-hydrogen) atoms. The molecular formula is C23H31NO2. The van der Waals surface area contributed by atoms with E-state index in [1.165, 1.54) is 44.1 Å². The average molecular weight is 354 g/mol. The Labute approximate surface area is 157 Å². The van der Waals surface area contributed by atoms with Crippen molar-refractivity contribution in [3.8, 4) is 0 Å². The average Bonchev–Trinajstić information content (AvgIpc) is 2.61. The van der Waals surface area contributed by atoms with Crippen molar-refractivity contribution in [3.05, 3.63) is 35.4 Å². The number of carbonyl (C=O) groups is 1. The van der Waals surface area contributed by atoms with Crippen LogP contribution in [-0.4, -0.2) is 37.1 Å². The van der Waals surface area contributed by atoms with E-state index in [0.717, 1.165) is 31.3 Å². The highest BCUT2D eigenvalue weighted by Crippen LogP contribution is 2.66. The Bertz CT molecular complexity index is 675. The summed E-state index contributed by atoms with van der Waals surface area (Å²) in [7, 11) is 0.